The number of rotatable bonds is 6. The Morgan fingerprint density at radius 1 is 0.889 bits per heavy atom. The van der Waals surface area contributed by atoms with Crippen molar-refractivity contribution < 1.29 is 4.74 Å². The molecule has 1 saturated heterocycles. The maximum atomic E-state index is 6.59. The first-order valence-electron chi connectivity index (χ1n) is 9.62. The topological polar surface area (TPSA) is 15.7 Å². The van der Waals surface area contributed by atoms with Gasteiger partial charge in [0.1, 0.15) is 16.7 Å². The predicted molar refractivity (Wildman–Crippen MR) is 112 cm³/mol. The summed E-state index contributed by atoms with van der Waals surface area (Å²) >= 11 is 13.2. The Hall–Kier alpha value is -1.26. The van der Waals surface area contributed by atoms with Gasteiger partial charge in [-0.2, -0.15) is 0 Å². The molecule has 2 aliphatic rings. The van der Waals surface area contributed by atoms with Crippen molar-refractivity contribution >= 4 is 23.2 Å². The Bertz CT molecular complexity index is 743. The van der Waals surface area contributed by atoms with E-state index in [4.69, 9.17) is 27.9 Å². The van der Waals surface area contributed by atoms with Crippen LogP contribution in [0.3, 0.4) is 0 Å². The van der Waals surface area contributed by atoms with Crippen LogP contribution in [0.4, 0.5) is 0 Å². The van der Waals surface area contributed by atoms with Crippen LogP contribution in [-0.4, -0.2) is 60.5 Å². The maximum absolute atomic E-state index is 6.59. The molecule has 27 heavy (non-hydrogen) atoms. The van der Waals surface area contributed by atoms with Gasteiger partial charge in [-0.15, -0.1) is 23.2 Å². The van der Waals surface area contributed by atoms with Crippen molar-refractivity contribution in [3.8, 4) is 5.75 Å². The largest absolute Gasteiger partial charge is 0.492 e. The Labute approximate surface area is 171 Å². The average molecular weight is 405 g/mol. The minimum absolute atomic E-state index is 0.127. The van der Waals surface area contributed by atoms with E-state index in [1.165, 1.54) is 11.1 Å². The van der Waals surface area contributed by atoms with Crippen LogP contribution in [0.15, 0.2) is 54.6 Å². The monoisotopic (exact) mass is 404 g/mol. The van der Waals surface area contributed by atoms with Gasteiger partial charge < -0.3 is 9.64 Å². The zero-order valence-corrected chi connectivity index (χ0v) is 17.2. The molecule has 1 aliphatic carbocycles. The lowest BCUT2D eigenvalue weighted by Crippen LogP contribution is -2.45. The maximum Gasteiger partial charge on any atom is 0.133 e. The van der Waals surface area contributed by atoms with Crippen molar-refractivity contribution in [3.05, 3.63) is 65.7 Å². The van der Waals surface area contributed by atoms with E-state index in [-0.39, 0.29) is 11.8 Å². The SMILES string of the molecule is CN1CCN(CCOc2ccc([C@H]3[C@@H](c4ccccc4)C3(Cl)Cl)cc2)CC1. The molecule has 2 fully saturated rings. The fourth-order valence-corrected chi connectivity index (χ4v) is 4.83. The first-order chi connectivity index (χ1) is 13.1. The first-order valence-corrected chi connectivity index (χ1v) is 10.4. The molecule has 2 atom stereocenters. The molecule has 2 aromatic rings. The van der Waals surface area contributed by atoms with Crippen LogP contribution in [-0.2, 0) is 0 Å². The number of piperazine rings is 1. The van der Waals surface area contributed by atoms with E-state index < -0.39 is 4.33 Å². The molecule has 5 heteroatoms. The third-order valence-electron chi connectivity index (χ3n) is 5.72. The Balaban J connectivity index is 1.31. The molecular formula is C22H26Cl2N2O. The lowest BCUT2D eigenvalue weighted by atomic mass is 10.0. The van der Waals surface area contributed by atoms with E-state index >= 15 is 0 Å². The zero-order valence-electron chi connectivity index (χ0n) is 15.7. The number of ether oxygens (including phenoxy) is 1. The molecule has 0 aromatic heterocycles. The standard InChI is InChI=1S/C22H26Cl2N2O/c1-25-11-13-26(14-12-25)15-16-27-19-9-7-18(8-10-19)21-20(22(21,23)24)17-5-3-2-4-6-17/h2-10,20-21H,11-16H2,1H3/t20-,21+/m1/s1. The van der Waals surface area contributed by atoms with Crippen LogP contribution >= 0.6 is 23.2 Å². The van der Waals surface area contributed by atoms with E-state index in [9.17, 15) is 0 Å². The van der Waals surface area contributed by atoms with Gasteiger partial charge in [-0.05, 0) is 30.3 Å². The molecule has 0 unspecified atom stereocenters. The normalized spacial score (nSPS) is 25.3. The quantitative estimate of drug-likeness (QED) is 0.664. The van der Waals surface area contributed by atoms with Gasteiger partial charge in [0.05, 0.1) is 0 Å². The van der Waals surface area contributed by atoms with Crippen molar-refractivity contribution in [1.82, 2.24) is 9.80 Å². The summed E-state index contributed by atoms with van der Waals surface area (Å²) in [5.41, 5.74) is 2.36. The molecule has 2 aromatic carbocycles. The zero-order chi connectivity index (χ0) is 18.9. The van der Waals surface area contributed by atoms with Gasteiger partial charge in [-0.25, -0.2) is 0 Å². The number of alkyl halides is 2. The molecule has 1 aliphatic heterocycles. The van der Waals surface area contributed by atoms with Crippen LogP contribution < -0.4 is 4.74 Å². The van der Waals surface area contributed by atoms with Gasteiger partial charge in [0.25, 0.3) is 0 Å². The number of hydrogen-bond acceptors (Lipinski definition) is 3. The van der Waals surface area contributed by atoms with Crippen LogP contribution in [0.25, 0.3) is 0 Å². The van der Waals surface area contributed by atoms with E-state index in [1.807, 2.05) is 30.3 Å². The molecule has 0 spiro atoms. The second-order valence-corrected chi connectivity index (χ2v) is 9.05. The van der Waals surface area contributed by atoms with Crippen molar-refractivity contribution in [2.24, 2.45) is 0 Å². The van der Waals surface area contributed by atoms with Crippen LogP contribution in [0.1, 0.15) is 23.0 Å². The second kappa shape index (κ2) is 8.00. The first kappa shape index (κ1) is 19.1. The molecule has 1 saturated carbocycles. The van der Waals surface area contributed by atoms with Gasteiger partial charge >= 0.3 is 0 Å². The third-order valence-corrected chi connectivity index (χ3v) is 6.66. The summed E-state index contributed by atoms with van der Waals surface area (Å²) in [6.07, 6.45) is 0. The minimum Gasteiger partial charge on any atom is -0.492 e. The third kappa shape index (κ3) is 4.27. The molecule has 3 nitrogen and oxygen atoms in total. The van der Waals surface area contributed by atoms with Gasteiger partial charge in [0.15, 0.2) is 0 Å². The molecule has 4 rings (SSSR count). The van der Waals surface area contributed by atoms with Crippen molar-refractivity contribution in [2.45, 2.75) is 16.2 Å². The van der Waals surface area contributed by atoms with Crippen molar-refractivity contribution in [1.29, 1.82) is 0 Å². The Kier molecular flexibility index (Phi) is 5.65. The van der Waals surface area contributed by atoms with Crippen LogP contribution in [0.5, 0.6) is 5.75 Å². The Morgan fingerprint density at radius 2 is 1.48 bits per heavy atom. The van der Waals surface area contributed by atoms with Gasteiger partial charge in [-0.3, -0.25) is 4.90 Å². The molecule has 0 bridgehead atoms. The summed E-state index contributed by atoms with van der Waals surface area (Å²) < 4.78 is 5.20. The van der Waals surface area contributed by atoms with Crippen molar-refractivity contribution in [3.63, 3.8) is 0 Å². The van der Waals surface area contributed by atoms with E-state index in [1.54, 1.807) is 0 Å². The van der Waals surface area contributed by atoms with Gasteiger partial charge in [-0.1, -0.05) is 42.5 Å². The summed E-state index contributed by atoms with van der Waals surface area (Å²) in [5.74, 6) is 1.17. The summed E-state index contributed by atoms with van der Waals surface area (Å²) in [4.78, 5) is 4.82. The van der Waals surface area contributed by atoms with Crippen LogP contribution in [0.2, 0.25) is 0 Å². The summed E-state index contributed by atoms with van der Waals surface area (Å²) in [6.45, 7) is 6.20. The number of benzene rings is 2. The molecule has 0 N–H and O–H groups in total. The molecule has 0 amide bonds. The lowest BCUT2D eigenvalue weighted by molar-refractivity contribution is 0.134. The molecular weight excluding hydrogens is 379 g/mol. The van der Waals surface area contributed by atoms with Crippen LogP contribution in [0, 0.1) is 0 Å². The van der Waals surface area contributed by atoms with Gasteiger partial charge in [0.2, 0.25) is 0 Å². The molecule has 0 radical (unpaired) electrons. The predicted octanol–water partition coefficient (Wildman–Crippen LogP) is 4.37. The Morgan fingerprint density at radius 3 is 2.11 bits per heavy atom. The summed E-state index contributed by atoms with van der Waals surface area (Å²) in [6, 6.07) is 18.5. The highest BCUT2D eigenvalue weighted by Gasteiger charge is 2.64. The lowest BCUT2D eigenvalue weighted by Gasteiger charge is -2.32. The van der Waals surface area contributed by atoms with Crippen molar-refractivity contribution in [2.75, 3.05) is 46.4 Å². The number of likely N-dealkylation sites (N-methyl/N-ethyl adjacent to an activating group) is 1. The second-order valence-electron chi connectivity index (χ2n) is 7.60. The fraction of sp³-hybridized carbons (Fsp3) is 0.455. The number of nitrogens with zero attached hydrogens (tertiary/aromatic N) is 2. The van der Waals surface area contributed by atoms with E-state index in [0.29, 0.717) is 6.61 Å². The van der Waals surface area contributed by atoms with E-state index in [2.05, 4.69) is 41.1 Å². The molecule has 144 valence electrons. The van der Waals surface area contributed by atoms with Gasteiger partial charge in [0, 0.05) is 44.6 Å². The molecule has 1 heterocycles. The highest BCUT2D eigenvalue weighted by Crippen LogP contribution is 2.70. The number of halogens is 2. The minimum atomic E-state index is -0.731. The summed E-state index contributed by atoms with van der Waals surface area (Å²) in [5, 5.41) is 0. The van der Waals surface area contributed by atoms with E-state index in [0.717, 1.165) is 38.5 Å². The summed E-state index contributed by atoms with van der Waals surface area (Å²) in [7, 11) is 2.17. The smallest absolute Gasteiger partial charge is 0.133 e. The average Bonchev–Trinajstić information content (AvgIpc) is 3.26. The highest BCUT2D eigenvalue weighted by molar-refractivity contribution is 6.52. The number of hydrogen-bond donors (Lipinski definition) is 0. The highest BCUT2D eigenvalue weighted by atomic mass is 35.5. The fourth-order valence-electron chi connectivity index (χ4n) is 3.95.